The summed E-state index contributed by atoms with van der Waals surface area (Å²) in [6, 6.07) is 7.97. The maximum absolute atomic E-state index is 5.18. The van der Waals surface area contributed by atoms with Gasteiger partial charge in [-0.2, -0.15) is 0 Å². The van der Waals surface area contributed by atoms with Crippen LogP contribution in [0.25, 0.3) is 0 Å². The molecule has 0 saturated carbocycles. The highest BCUT2D eigenvalue weighted by molar-refractivity contribution is 7.09. The Morgan fingerprint density at radius 2 is 1.92 bits per heavy atom. The molecule has 0 amide bonds. The Morgan fingerprint density at radius 3 is 2.48 bits per heavy atom. The van der Waals surface area contributed by atoms with Gasteiger partial charge in [0, 0.05) is 17.3 Å². The van der Waals surface area contributed by atoms with E-state index in [4.69, 9.17) is 9.72 Å². The number of nitrogens with zero attached hydrogens (tertiary/aromatic N) is 2. The van der Waals surface area contributed by atoms with E-state index in [0.29, 0.717) is 13.1 Å². The van der Waals surface area contributed by atoms with Gasteiger partial charge in [0.15, 0.2) is 5.96 Å². The molecule has 1 aromatic carbocycles. The van der Waals surface area contributed by atoms with Crippen LogP contribution in [-0.4, -0.2) is 24.6 Å². The molecule has 2 aromatic rings. The molecular weight excluding hydrogens is 332 g/mol. The van der Waals surface area contributed by atoms with Gasteiger partial charge in [-0.3, -0.25) is 0 Å². The van der Waals surface area contributed by atoms with Crippen molar-refractivity contribution in [1.82, 2.24) is 15.6 Å². The fourth-order valence-corrected chi connectivity index (χ4v) is 3.10. The van der Waals surface area contributed by atoms with Gasteiger partial charge in [0.2, 0.25) is 0 Å². The van der Waals surface area contributed by atoms with Gasteiger partial charge in [-0.1, -0.05) is 32.9 Å². The minimum atomic E-state index is 0.0850. The number of hydrogen-bond acceptors (Lipinski definition) is 4. The lowest BCUT2D eigenvalue weighted by molar-refractivity contribution is 0.414. The van der Waals surface area contributed by atoms with E-state index >= 15 is 0 Å². The first kappa shape index (κ1) is 19.2. The summed E-state index contributed by atoms with van der Waals surface area (Å²) in [5.41, 5.74) is 2.36. The van der Waals surface area contributed by atoms with Crippen molar-refractivity contribution in [2.75, 3.05) is 13.7 Å². The Bertz CT molecular complexity index is 686. The summed E-state index contributed by atoms with van der Waals surface area (Å²) >= 11 is 1.68. The Labute approximate surface area is 154 Å². The third-order valence-corrected chi connectivity index (χ3v) is 4.50. The van der Waals surface area contributed by atoms with Gasteiger partial charge in [-0.25, -0.2) is 9.98 Å². The molecule has 0 bridgehead atoms. The predicted molar refractivity (Wildman–Crippen MR) is 105 cm³/mol. The molecule has 5 nitrogen and oxygen atoms in total. The Balaban J connectivity index is 1.96. The van der Waals surface area contributed by atoms with Gasteiger partial charge in [0.05, 0.1) is 25.9 Å². The van der Waals surface area contributed by atoms with Crippen molar-refractivity contribution in [3.8, 4) is 5.75 Å². The number of aliphatic imine (C=N–C) groups is 1. The second-order valence-electron chi connectivity index (χ2n) is 6.77. The summed E-state index contributed by atoms with van der Waals surface area (Å²) < 4.78 is 5.18. The number of thiazole rings is 1. The minimum absolute atomic E-state index is 0.0850. The monoisotopic (exact) mass is 360 g/mol. The molecule has 2 N–H and O–H groups in total. The van der Waals surface area contributed by atoms with Gasteiger partial charge in [-0.15, -0.1) is 11.3 Å². The summed E-state index contributed by atoms with van der Waals surface area (Å²) in [4.78, 5) is 9.35. The highest BCUT2D eigenvalue weighted by Gasteiger charge is 2.17. The number of nitrogens with one attached hydrogen (secondary N) is 2. The molecule has 0 aliphatic heterocycles. The van der Waals surface area contributed by atoms with Crippen LogP contribution in [0.4, 0.5) is 0 Å². The standard InChI is InChI=1S/C19H28N4OS/c1-6-20-18(21-11-14-7-9-15(24-5)10-8-14)22-12-17-23-16(13-25-17)19(2,3)4/h7-10,13H,6,11-12H2,1-5H3,(H2,20,21,22). The Hall–Kier alpha value is -2.08. The first-order chi connectivity index (χ1) is 11.9. The molecule has 0 unspecified atom stereocenters. The second-order valence-corrected chi connectivity index (χ2v) is 7.72. The zero-order valence-electron chi connectivity index (χ0n) is 15.7. The lowest BCUT2D eigenvalue weighted by Gasteiger charge is -2.14. The molecule has 0 radical (unpaired) electrons. The first-order valence-corrected chi connectivity index (χ1v) is 9.40. The second kappa shape index (κ2) is 8.85. The summed E-state index contributed by atoms with van der Waals surface area (Å²) in [6.45, 7) is 10.7. The van der Waals surface area contributed by atoms with Gasteiger partial charge in [-0.05, 0) is 24.6 Å². The molecule has 25 heavy (non-hydrogen) atoms. The van der Waals surface area contributed by atoms with E-state index in [1.54, 1.807) is 18.4 Å². The predicted octanol–water partition coefficient (Wildman–Crippen LogP) is 3.70. The van der Waals surface area contributed by atoms with Crippen LogP contribution in [-0.2, 0) is 18.5 Å². The van der Waals surface area contributed by atoms with E-state index in [1.807, 2.05) is 24.3 Å². The number of benzene rings is 1. The SMILES string of the molecule is CCNC(=NCc1ccc(OC)cc1)NCc1nc(C(C)(C)C)cs1. The van der Waals surface area contributed by atoms with Crippen molar-refractivity contribution in [1.29, 1.82) is 0 Å². The van der Waals surface area contributed by atoms with Crippen LogP contribution >= 0.6 is 11.3 Å². The van der Waals surface area contributed by atoms with Gasteiger partial charge in [0.25, 0.3) is 0 Å². The van der Waals surface area contributed by atoms with Crippen LogP contribution in [0.5, 0.6) is 5.75 Å². The number of aromatic nitrogens is 1. The maximum atomic E-state index is 5.18. The molecule has 136 valence electrons. The van der Waals surface area contributed by atoms with Crippen LogP contribution in [0.2, 0.25) is 0 Å². The van der Waals surface area contributed by atoms with Gasteiger partial charge >= 0.3 is 0 Å². The van der Waals surface area contributed by atoms with Crippen LogP contribution in [0.15, 0.2) is 34.6 Å². The minimum Gasteiger partial charge on any atom is -0.497 e. The van der Waals surface area contributed by atoms with Gasteiger partial charge < -0.3 is 15.4 Å². The molecule has 0 aliphatic carbocycles. The van der Waals surface area contributed by atoms with Crippen molar-refractivity contribution in [3.63, 3.8) is 0 Å². The quantitative estimate of drug-likeness (QED) is 0.609. The lowest BCUT2D eigenvalue weighted by Crippen LogP contribution is -2.36. The van der Waals surface area contributed by atoms with E-state index < -0.39 is 0 Å². The van der Waals surface area contributed by atoms with Crippen LogP contribution in [0, 0.1) is 0 Å². The smallest absolute Gasteiger partial charge is 0.191 e. The van der Waals surface area contributed by atoms with Crippen LogP contribution < -0.4 is 15.4 Å². The number of ether oxygens (including phenoxy) is 1. The van der Waals surface area contributed by atoms with E-state index in [0.717, 1.165) is 34.5 Å². The summed E-state index contributed by atoms with van der Waals surface area (Å²) in [7, 11) is 1.67. The fourth-order valence-electron chi connectivity index (χ4n) is 2.14. The van der Waals surface area contributed by atoms with E-state index in [1.165, 1.54) is 0 Å². The third-order valence-electron chi connectivity index (χ3n) is 3.65. The molecule has 2 rings (SSSR count). The van der Waals surface area contributed by atoms with Crippen molar-refractivity contribution in [3.05, 3.63) is 45.9 Å². The Kier molecular flexibility index (Phi) is 6.82. The van der Waals surface area contributed by atoms with Gasteiger partial charge in [0.1, 0.15) is 10.8 Å². The van der Waals surface area contributed by atoms with Crippen molar-refractivity contribution in [2.24, 2.45) is 4.99 Å². The average Bonchev–Trinajstić information content (AvgIpc) is 3.07. The molecule has 0 spiro atoms. The summed E-state index contributed by atoms with van der Waals surface area (Å²) in [6.07, 6.45) is 0. The molecule has 1 aromatic heterocycles. The third kappa shape index (κ3) is 6.05. The Morgan fingerprint density at radius 1 is 1.20 bits per heavy atom. The van der Waals surface area contributed by atoms with Crippen molar-refractivity contribution >= 4 is 17.3 Å². The molecular formula is C19H28N4OS. The highest BCUT2D eigenvalue weighted by atomic mass is 32.1. The molecule has 6 heteroatoms. The normalized spacial score (nSPS) is 12.1. The van der Waals surface area contributed by atoms with Crippen molar-refractivity contribution < 1.29 is 4.74 Å². The molecule has 0 aliphatic rings. The number of rotatable bonds is 6. The number of guanidine groups is 1. The van der Waals surface area contributed by atoms with E-state index in [-0.39, 0.29) is 5.41 Å². The topological polar surface area (TPSA) is 58.5 Å². The number of methoxy groups -OCH3 is 1. The molecule has 1 heterocycles. The maximum Gasteiger partial charge on any atom is 0.191 e. The molecule has 0 atom stereocenters. The van der Waals surface area contributed by atoms with E-state index in [9.17, 15) is 0 Å². The lowest BCUT2D eigenvalue weighted by atomic mass is 9.93. The average molecular weight is 361 g/mol. The molecule has 0 saturated heterocycles. The van der Waals surface area contributed by atoms with E-state index in [2.05, 4.69) is 48.7 Å². The summed E-state index contributed by atoms with van der Waals surface area (Å²) in [5.74, 6) is 1.65. The fraction of sp³-hybridized carbons (Fsp3) is 0.474. The van der Waals surface area contributed by atoms with Crippen molar-refractivity contribution in [2.45, 2.75) is 46.2 Å². The highest BCUT2D eigenvalue weighted by Crippen LogP contribution is 2.23. The largest absolute Gasteiger partial charge is 0.497 e. The molecule has 0 fully saturated rings. The van der Waals surface area contributed by atoms with Crippen LogP contribution in [0.3, 0.4) is 0 Å². The first-order valence-electron chi connectivity index (χ1n) is 8.52. The zero-order chi connectivity index (χ0) is 18.3. The van der Waals surface area contributed by atoms with Crippen LogP contribution in [0.1, 0.15) is 44.0 Å². The summed E-state index contributed by atoms with van der Waals surface area (Å²) in [5, 5.41) is 9.84. The number of hydrogen-bond donors (Lipinski definition) is 2. The zero-order valence-corrected chi connectivity index (χ0v) is 16.5.